The summed E-state index contributed by atoms with van der Waals surface area (Å²) >= 11 is 7.63. The van der Waals surface area contributed by atoms with Crippen LogP contribution in [0.5, 0.6) is 0 Å². The maximum absolute atomic E-state index is 12.4. The fourth-order valence-electron chi connectivity index (χ4n) is 2.83. The van der Waals surface area contributed by atoms with Gasteiger partial charge in [0.2, 0.25) is 5.91 Å². The molecule has 1 heterocycles. The first-order valence-corrected chi connectivity index (χ1v) is 10.5. The number of benzene rings is 2. The third-order valence-electron chi connectivity index (χ3n) is 4.67. The fourth-order valence-corrected chi connectivity index (χ4v) is 3.81. The van der Waals surface area contributed by atoms with Crippen molar-refractivity contribution in [3.05, 3.63) is 58.1 Å². The zero-order valence-electron chi connectivity index (χ0n) is 16.4. The van der Waals surface area contributed by atoms with Crippen LogP contribution in [0.25, 0.3) is 11.4 Å². The third-order valence-corrected chi connectivity index (χ3v) is 6.05. The van der Waals surface area contributed by atoms with Crippen molar-refractivity contribution in [2.24, 2.45) is 0 Å². The Labute approximate surface area is 174 Å². The minimum absolute atomic E-state index is 0.0655. The Morgan fingerprint density at radius 2 is 1.93 bits per heavy atom. The highest BCUT2D eigenvalue weighted by molar-refractivity contribution is 7.99. The summed E-state index contributed by atoms with van der Waals surface area (Å²) in [5, 5.41) is 13.0. The van der Waals surface area contributed by atoms with Crippen LogP contribution in [0, 0.1) is 20.8 Å². The van der Waals surface area contributed by atoms with E-state index in [0.29, 0.717) is 16.7 Å². The molecule has 0 saturated heterocycles. The largest absolute Gasteiger partial charge is 0.325 e. The smallest absolute Gasteiger partial charge is 0.234 e. The molecule has 0 aliphatic carbocycles. The van der Waals surface area contributed by atoms with Gasteiger partial charge in [0.25, 0.3) is 0 Å². The standard InChI is InChI=1S/C21H23ClN4OS/c1-5-26-20(16-10-9-14(3)17(22)11-16)24-25-21(26)28-12-19(27)23-18-8-6-7-13(2)15(18)4/h6-11H,5,12H2,1-4H3,(H,23,27). The number of halogens is 1. The van der Waals surface area contributed by atoms with E-state index in [1.807, 2.05) is 68.7 Å². The highest BCUT2D eigenvalue weighted by Gasteiger charge is 2.15. The van der Waals surface area contributed by atoms with E-state index < -0.39 is 0 Å². The number of carbonyl (C=O) groups excluding carboxylic acids is 1. The number of hydrogen-bond donors (Lipinski definition) is 1. The molecule has 0 bridgehead atoms. The Morgan fingerprint density at radius 3 is 2.64 bits per heavy atom. The topological polar surface area (TPSA) is 59.8 Å². The van der Waals surface area contributed by atoms with Crippen molar-refractivity contribution in [1.82, 2.24) is 14.8 Å². The Hall–Kier alpha value is -2.31. The summed E-state index contributed by atoms with van der Waals surface area (Å²) in [6.45, 7) is 8.73. The van der Waals surface area contributed by atoms with E-state index in [2.05, 4.69) is 15.5 Å². The Kier molecular flexibility index (Phi) is 6.42. The van der Waals surface area contributed by atoms with Crippen LogP contribution in [-0.2, 0) is 11.3 Å². The number of thioether (sulfide) groups is 1. The number of hydrogen-bond acceptors (Lipinski definition) is 4. The summed E-state index contributed by atoms with van der Waals surface area (Å²) < 4.78 is 2.00. The van der Waals surface area contributed by atoms with Gasteiger partial charge in [-0.1, -0.05) is 47.6 Å². The van der Waals surface area contributed by atoms with Gasteiger partial charge >= 0.3 is 0 Å². The lowest BCUT2D eigenvalue weighted by atomic mass is 10.1. The minimum atomic E-state index is -0.0655. The molecule has 0 radical (unpaired) electrons. The Bertz CT molecular complexity index is 1020. The van der Waals surface area contributed by atoms with Crippen molar-refractivity contribution in [3.63, 3.8) is 0 Å². The van der Waals surface area contributed by atoms with Gasteiger partial charge in [-0.25, -0.2) is 0 Å². The van der Waals surface area contributed by atoms with Crippen LogP contribution in [0.15, 0.2) is 41.6 Å². The number of aromatic nitrogens is 3. The van der Waals surface area contributed by atoms with E-state index in [1.54, 1.807) is 0 Å². The lowest BCUT2D eigenvalue weighted by molar-refractivity contribution is -0.113. The number of aryl methyl sites for hydroxylation is 2. The van der Waals surface area contributed by atoms with E-state index in [1.165, 1.54) is 11.8 Å². The monoisotopic (exact) mass is 414 g/mol. The van der Waals surface area contributed by atoms with Crippen molar-refractivity contribution in [1.29, 1.82) is 0 Å². The molecular formula is C21H23ClN4OS. The molecule has 0 aliphatic heterocycles. The van der Waals surface area contributed by atoms with E-state index >= 15 is 0 Å². The van der Waals surface area contributed by atoms with Gasteiger partial charge < -0.3 is 9.88 Å². The van der Waals surface area contributed by atoms with E-state index in [-0.39, 0.29) is 11.7 Å². The van der Waals surface area contributed by atoms with Gasteiger partial charge in [0.1, 0.15) is 0 Å². The van der Waals surface area contributed by atoms with Gasteiger partial charge in [-0.05, 0) is 56.5 Å². The van der Waals surface area contributed by atoms with Gasteiger partial charge in [-0.15, -0.1) is 10.2 Å². The number of carbonyl (C=O) groups is 1. The maximum Gasteiger partial charge on any atom is 0.234 e. The first-order chi connectivity index (χ1) is 13.4. The molecule has 3 rings (SSSR count). The van der Waals surface area contributed by atoms with Crippen LogP contribution in [-0.4, -0.2) is 26.4 Å². The van der Waals surface area contributed by atoms with E-state index in [9.17, 15) is 4.79 Å². The SMILES string of the molecule is CCn1c(SCC(=O)Nc2cccc(C)c2C)nnc1-c1ccc(C)c(Cl)c1. The third kappa shape index (κ3) is 4.39. The number of nitrogens with zero attached hydrogens (tertiary/aromatic N) is 3. The fraction of sp³-hybridized carbons (Fsp3) is 0.286. The van der Waals surface area contributed by atoms with Crippen molar-refractivity contribution in [2.45, 2.75) is 39.4 Å². The Balaban J connectivity index is 1.72. The van der Waals surface area contributed by atoms with Gasteiger partial charge in [-0.3, -0.25) is 4.79 Å². The summed E-state index contributed by atoms with van der Waals surface area (Å²) in [7, 11) is 0. The molecule has 0 aliphatic rings. The highest BCUT2D eigenvalue weighted by Crippen LogP contribution is 2.27. The first-order valence-electron chi connectivity index (χ1n) is 9.09. The lowest BCUT2D eigenvalue weighted by Gasteiger charge is -2.11. The number of nitrogens with one attached hydrogen (secondary N) is 1. The maximum atomic E-state index is 12.4. The van der Waals surface area contributed by atoms with Crippen LogP contribution < -0.4 is 5.32 Å². The van der Waals surface area contributed by atoms with Crippen LogP contribution in [0.1, 0.15) is 23.6 Å². The van der Waals surface area contributed by atoms with Crippen molar-refractivity contribution in [2.75, 3.05) is 11.1 Å². The molecule has 7 heteroatoms. The minimum Gasteiger partial charge on any atom is -0.325 e. The molecule has 1 amide bonds. The average Bonchev–Trinajstić information content (AvgIpc) is 3.09. The molecular weight excluding hydrogens is 392 g/mol. The summed E-state index contributed by atoms with van der Waals surface area (Å²) in [5.74, 6) is 0.950. The lowest BCUT2D eigenvalue weighted by Crippen LogP contribution is -2.15. The summed E-state index contributed by atoms with van der Waals surface area (Å²) in [6, 6.07) is 11.7. The number of amides is 1. The molecule has 146 valence electrons. The molecule has 28 heavy (non-hydrogen) atoms. The second kappa shape index (κ2) is 8.80. The molecule has 0 spiro atoms. The second-order valence-electron chi connectivity index (χ2n) is 6.60. The molecule has 2 aromatic carbocycles. The predicted molar refractivity (Wildman–Crippen MR) is 116 cm³/mol. The van der Waals surface area contributed by atoms with E-state index in [4.69, 9.17) is 11.6 Å². The van der Waals surface area contributed by atoms with Gasteiger partial charge in [0, 0.05) is 22.8 Å². The molecule has 0 unspecified atom stereocenters. The molecule has 3 aromatic rings. The first kappa shape index (κ1) is 20.4. The van der Waals surface area contributed by atoms with Crippen LogP contribution >= 0.6 is 23.4 Å². The van der Waals surface area contributed by atoms with Crippen molar-refractivity contribution >= 4 is 35.0 Å². The van der Waals surface area contributed by atoms with Gasteiger partial charge in [0.05, 0.1) is 5.75 Å². The van der Waals surface area contributed by atoms with Gasteiger partial charge in [0.15, 0.2) is 11.0 Å². The molecule has 5 nitrogen and oxygen atoms in total. The average molecular weight is 415 g/mol. The molecule has 0 saturated carbocycles. The van der Waals surface area contributed by atoms with Crippen LogP contribution in [0.3, 0.4) is 0 Å². The van der Waals surface area contributed by atoms with Crippen LogP contribution in [0.2, 0.25) is 5.02 Å². The predicted octanol–water partition coefficient (Wildman–Crippen LogP) is 5.27. The number of rotatable bonds is 6. The molecule has 0 atom stereocenters. The zero-order valence-corrected chi connectivity index (χ0v) is 18.0. The van der Waals surface area contributed by atoms with Gasteiger partial charge in [-0.2, -0.15) is 0 Å². The quantitative estimate of drug-likeness (QED) is 0.558. The normalized spacial score (nSPS) is 10.9. The second-order valence-corrected chi connectivity index (χ2v) is 7.95. The zero-order chi connectivity index (χ0) is 20.3. The molecule has 1 N–H and O–H groups in total. The summed E-state index contributed by atoms with van der Waals surface area (Å²) in [6.07, 6.45) is 0. The van der Waals surface area contributed by atoms with E-state index in [0.717, 1.165) is 33.8 Å². The number of anilines is 1. The van der Waals surface area contributed by atoms with Crippen molar-refractivity contribution < 1.29 is 4.79 Å². The van der Waals surface area contributed by atoms with Crippen molar-refractivity contribution in [3.8, 4) is 11.4 Å². The Morgan fingerprint density at radius 1 is 1.14 bits per heavy atom. The highest BCUT2D eigenvalue weighted by atomic mass is 35.5. The molecule has 0 fully saturated rings. The summed E-state index contributed by atoms with van der Waals surface area (Å²) in [5.41, 5.74) is 5.01. The summed E-state index contributed by atoms with van der Waals surface area (Å²) in [4.78, 5) is 12.4. The molecule has 1 aromatic heterocycles. The van der Waals surface area contributed by atoms with Crippen LogP contribution in [0.4, 0.5) is 5.69 Å².